The van der Waals surface area contributed by atoms with Crippen LogP contribution < -0.4 is 10.6 Å². The van der Waals surface area contributed by atoms with Crippen LogP contribution in [0.25, 0.3) is 10.9 Å². The van der Waals surface area contributed by atoms with Gasteiger partial charge >= 0.3 is 6.18 Å². The Morgan fingerprint density at radius 2 is 1.97 bits per heavy atom. The van der Waals surface area contributed by atoms with Crippen molar-refractivity contribution in [2.24, 2.45) is 5.92 Å². The van der Waals surface area contributed by atoms with Gasteiger partial charge in [0.1, 0.15) is 5.82 Å². The van der Waals surface area contributed by atoms with E-state index in [0.29, 0.717) is 17.5 Å². The molecule has 7 nitrogen and oxygen atoms in total. The van der Waals surface area contributed by atoms with E-state index in [4.69, 9.17) is 0 Å². The topological polar surface area (TPSA) is 90.4 Å². The van der Waals surface area contributed by atoms with E-state index in [2.05, 4.69) is 25.5 Å². The summed E-state index contributed by atoms with van der Waals surface area (Å²) in [6, 6.07) is 3.09. The molecule has 0 radical (unpaired) electrons. The Balaban J connectivity index is 1.24. The zero-order chi connectivity index (χ0) is 23.6. The van der Waals surface area contributed by atoms with Crippen LogP contribution in [0.4, 0.5) is 19.0 Å². The predicted octanol–water partition coefficient (Wildman–Crippen LogP) is 3.19. The number of carbonyl (C=O) groups is 1. The number of nitrogens with one attached hydrogen (secondary N) is 2. The van der Waals surface area contributed by atoms with Gasteiger partial charge < -0.3 is 15.7 Å². The summed E-state index contributed by atoms with van der Waals surface area (Å²) in [5.41, 5.74) is -0.486. The number of halogens is 3. The Kier molecular flexibility index (Phi) is 7.04. The number of hydrogen-bond donors (Lipinski definition) is 3. The van der Waals surface area contributed by atoms with Crippen molar-refractivity contribution in [2.75, 3.05) is 25.0 Å². The number of fused-ring (bicyclic) bond motifs is 1. The number of anilines is 1. The normalized spacial score (nSPS) is 23.2. The molecule has 1 amide bonds. The van der Waals surface area contributed by atoms with Crippen LogP contribution in [0, 0.1) is 5.92 Å². The van der Waals surface area contributed by atoms with Gasteiger partial charge in [-0.25, -0.2) is 4.98 Å². The molecule has 1 unspecified atom stereocenters. The Morgan fingerprint density at radius 3 is 2.64 bits per heavy atom. The number of aromatic nitrogens is 2. The lowest BCUT2D eigenvalue weighted by molar-refractivity contribution is -0.137. The van der Waals surface area contributed by atoms with Gasteiger partial charge in [-0.2, -0.15) is 13.2 Å². The summed E-state index contributed by atoms with van der Waals surface area (Å²) in [7, 11) is 0. The molecule has 1 aliphatic heterocycles. The van der Waals surface area contributed by atoms with E-state index < -0.39 is 11.7 Å². The molecule has 33 heavy (non-hydrogen) atoms. The van der Waals surface area contributed by atoms with Gasteiger partial charge in [0, 0.05) is 36.9 Å². The summed E-state index contributed by atoms with van der Waals surface area (Å²) in [5.74, 6) is 0.370. The number of carbonyl (C=O) groups excluding carboxylic acids is 1. The van der Waals surface area contributed by atoms with Gasteiger partial charge in [0.25, 0.3) is 0 Å². The van der Waals surface area contributed by atoms with Gasteiger partial charge in [-0.15, -0.1) is 0 Å². The molecule has 4 rings (SSSR count). The number of nitrogens with zero attached hydrogens (tertiary/aromatic N) is 3. The van der Waals surface area contributed by atoms with Crippen molar-refractivity contribution in [3.8, 4) is 0 Å². The van der Waals surface area contributed by atoms with Crippen molar-refractivity contribution < 1.29 is 23.1 Å². The molecule has 0 spiro atoms. The largest absolute Gasteiger partial charge is 0.417 e. The second-order valence-electron chi connectivity index (χ2n) is 9.06. The molecule has 2 aliphatic rings. The molecule has 10 heteroatoms. The number of likely N-dealkylation sites (tertiary alicyclic amines) is 1. The quantitative estimate of drug-likeness (QED) is 0.582. The molecule has 3 heterocycles. The van der Waals surface area contributed by atoms with E-state index in [1.54, 1.807) is 0 Å². The predicted molar refractivity (Wildman–Crippen MR) is 119 cm³/mol. The fraction of sp³-hybridized carbons (Fsp3) is 0.609. The van der Waals surface area contributed by atoms with Crippen molar-refractivity contribution in [3.63, 3.8) is 0 Å². The zero-order valence-electron chi connectivity index (χ0n) is 18.6. The highest BCUT2D eigenvalue weighted by Crippen LogP contribution is 2.33. The smallest absolute Gasteiger partial charge is 0.393 e. The molecule has 2 aromatic rings. The first kappa shape index (κ1) is 23.7. The summed E-state index contributed by atoms with van der Waals surface area (Å²) in [5, 5.41) is 16.1. The maximum Gasteiger partial charge on any atom is 0.417 e. The molecule has 2 fully saturated rings. The zero-order valence-corrected chi connectivity index (χ0v) is 18.6. The molecule has 1 saturated carbocycles. The number of pyridine rings is 2. The van der Waals surface area contributed by atoms with Gasteiger partial charge in [0.15, 0.2) is 0 Å². The Hall–Kier alpha value is -2.46. The van der Waals surface area contributed by atoms with Crippen LogP contribution in [0.1, 0.15) is 44.6 Å². The average molecular weight is 466 g/mol. The number of amides is 1. The van der Waals surface area contributed by atoms with Crippen LogP contribution in [0.2, 0.25) is 0 Å². The second kappa shape index (κ2) is 9.80. The SMILES string of the molecule is CCC(O)[C@H]1CC[C@@H](N2CC(NC(=O)CNc3nccc4ncc(C(F)(F)F)cc34)C2)CC1. The summed E-state index contributed by atoms with van der Waals surface area (Å²) in [4.78, 5) is 22.7. The Bertz CT molecular complexity index is 972. The maximum atomic E-state index is 13.0. The lowest BCUT2D eigenvalue weighted by atomic mass is 9.80. The standard InChI is InChI=1S/C23H30F3N5O2/c1-2-20(32)14-3-5-17(6-4-14)31-12-16(13-31)30-21(33)11-29-22-18-9-15(23(24,25)26)10-28-19(18)7-8-27-22/h7-10,14,16-17,20,32H,2-6,11-13H2,1H3,(H,27,29)(H,30,33)/t14-,17+,20?. The van der Waals surface area contributed by atoms with Gasteiger partial charge in [0.05, 0.1) is 29.8 Å². The molecular weight excluding hydrogens is 435 g/mol. The molecule has 1 aliphatic carbocycles. The second-order valence-corrected chi connectivity index (χ2v) is 9.06. The van der Waals surface area contributed by atoms with Gasteiger partial charge in [-0.05, 0) is 50.2 Å². The van der Waals surface area contributed by atoms with E-state index >= 15 is 0 Å². The molecule has 2 aromatic heterocycles. The average Bonchev–Trinajstić information content (AvgIpc) is 2.78. The summed E-state index contributed by atoms with van der Waals surface area (Å²) in [6.07, 6.45) is 2.57. The molecule has 0 aromatic carbocycles. The Labute approximate surface area is 190 Å². The van der Waals surface area contributed by atoms with Crippen molar-refractivity contribution in [2.45, 2.75) is 63.4 Å². The fourth-order valence-electron chi connectivity index (χ4n) is 4.88. The van der Waals surface area contributed by atoms with Crippen LogP contribution in [-0.4, -0.2) is 63.7 Å². The minimum atomic E-state index is -4.50. The van der Waals surface area contributed by atoms with Crippen LogP contribution in [0.5, 0.6) is 0 Å². The third kappa shape index (κ3) is 5.55. The number of hydrogen-bond acceptors (Lipinski definition) is 6. The number of rotatable bonds is 7. The molecule has 0 bridgehead atoms. The van der Waals surface area contributed by atoms with E-state index in [1.165, 1.54) is 12.3 Å². The van der Waals surface area contributed by atoms with Gasteiger partial charge in [-0.3, -0.25) is 14.7 Å². The highest BCUT2D eigenvalue weighted by atomic mass is 19.4. The van der Waals surface area contributed by atoms with Crippen molar-refractivity contribution in [1.82, 2.24) is 20.2 Å². The van der Waals surface area contributed by atoms with E-state index in [-0.39, 0.29) is 35.8 Å². The lowest BCUT2D eigenvalue weighted by Crippen LogP contribution is -2.63. The van der Waals surface area contributed by atoms with Crippen molar-refractivity contribution >= 4 is 22.6 Å². The first-order valence-corrected chi connectivity index (χ1v) is 11.5. The van der Waals surface area contributed by atoms with Crippen LogP contribution in [-0.2, 0) is 11.0 Å². The summed E-state index contributed by atoms with van der Waals surface area (Å²) < 4.78 is 39.1. The van der Waals surface area contributed by atoms with Crippen molar-refractivity contribution in [1.29, 1.82) is 0 Å². The highest BCUT2D eigenvalue weighted by molar-refractivity contribution is 5.91. The van der Waals surface area contributed by atoms with E-state index in [1.807, 2.05) is 6.92 Å². The highest BCUT2D eigenvalue weighted by Gasteiger charge is 2.36. The lowest BCUT2D eigenvalue weighted by Gasteiger charge is -2.47. The third-order valence-corrected chi connectivity index (χ3v) is 6.85. The molecule has 1 atom stereocenters. The first-order valence-electron chi connectivity index (χ1n) is 11.5. The molecule has 3 N–H and O–H groups in total. The van der Waals surface area contributed by atoms with Crippen molar-refractivity contribution in [3.05, 3.63) is 30.1 Å². The molecule has 180 valence electrons. The number of aliphatic hydroxyl groups is 1. The Morgan fingerprint density at radius 1 is 1.24 bits per heavy atom. The molecular formula is C23H30F3N5O2. The van der Waals surface area contributed by atoms with E-state index in [9.17, 15) is 23.1 Å². The van der Waals surface area contributed by atoms with Gasteiger partial charge in [0.2, 0.25) is 5.91 Å². The third-order valence-electron chi connectivity index (χ3n) is 6.85. The van der Waals surface area contributed by atoms with Crippen LogP contribution in [0.15, 0.2) is 24.5 Å². The van der Waals surface area contributed by atoms with Crippen LogP contribution >= 0.6 is 0 Å². The number of aliphatic hydroxyl groups excluding tert-OH is 1. The minimum absolute atomic E-state index is 0.0669. The van der Waals surface area contributed by atoms with E-state index in [0.717, 1.165) is 57.5 Å². The summed E-state index contributed by atoms with van der Waals surface area (Å²) in [6.45, 7) is 3.52. The fourth-order valence-corrected chi connectivity index (χ4v) is 4.88. The minimum Gasteiger partial charge on any atom is -0.393 e. The summed E-state index contributed by atoms with van der Waals surface area (Å²) >= 11 is 0. The van der Waals surface area contributed by atoms with Crippen LogP contribution in [0.3, 0.4) is 0 Å². The number of alkyl halides is 3. The maximum absolute atomic E-state index is 13.0. The monoisotopic (exact) mass is 465 g/mol. The first-order chi connectivity index (χ1) is 15.7. The molecule has 1 saturated heterocycles. The van der Waals surface area contributed by atoms with Gasteiger partial charge in [-0.1, -0.05) is 6.92 Å².